The molecule has 20 nitrogen and oxygen atoms in total. The minimum atomic E-state index is -0.737. The predicted octanol–water partition coefficient (Wildman–Crippen LogP) is 4.79. The summed E-state index contributed by atoms with van der Waals surface area (Å²) in [6.07, 6.45) is 3.95. The first-order valence-corrected chi connectivity index (χ1v) is 16.1. The molecule has 0 fully saturated rings. The molecule has 5 heterocycles. The number of nitrogen functional groups attached to an aromatic ring is 2. The molecule has 0 aliphatic heterocycles. The van der Waals surface area contributed by atoms with Crippen molar-refractivity contribution in [3.05, 3.63) is 108 Å². The maximum atomic E-state index is 12.5. The molecule has 0 bridgehead atoms. The summed E-state index contributed by atoms with van der Waals surface area (Å²) in [4.78, 5) is 33.7. The average molecular weight is 727 g/mol. The molecule has 0 aliphatic rings. The monoisotopic (exact) mass is 726 g/mol. The Balaban J connectivity index is 1.21. The van der Waals surface area contributed by atoms with Crippen LogP contribution in [0.4, 0.5) is 34.6 Å². The normalized spacial score (nSPS) is 11.6. The lowest BCUT2D eigenvalue weighted by molar-refractivity contribution is 0.0601. The largest absolute Gasteiger partial charge is 0.465 e. The minimum Gasteiger partial charge on any atom is -0.465 e. The van der Waals surface area contributed by atoms with Gasteiger partial charge >= 0.3 is 5.97 Å². The zero-order valence-corrected chi connectivity index (χ0v) is 28.9. The number of methoxy groups -OCH3 is 1. The van der Waals surface area contributed by atoms with Crippen LogP contribution >= 0.6 is 0 Å². The van der Waals surface area contributed by atoms with E-state index in [-0.39, 0.29) is 57.4 Å². The van der Waals surface area contributed by atoms with Crippen LogP contribution in [0.3, 0.4) is 0 Å². The number of hydrogen-bond acceptors (Lipinski definition) is 16. The third-order valence-electron chi connectivity index (χ3n) is 8.03. The number of Topliss-reactive ketones (excluding diaryl/α,β-unsaturated/α-hetero) is 1. The zero-order chi connectivity index (χ0) is 37.9. The highest BCUT2D eigenvalue weighted by atomic mass is 16.5. The molecule has 270 valence electrons. The number of rotatable bonds is 11. The molecular weight excluding hydrogens is 696 g/mol. The van der Waals surface area contributed by atoms with Crippen LogP contribution in [0.15, 0.2) is 106 Å². The number of para-hydroxylation sites is 2. The molecule has 7 aromatic rings. The summed E-state index contributed by atoms with van der Waals surface area (Å²) in [6.45, 7) is 2.63. The number of nitrogens with zero attached hydrogens (tertiary/aromatic N) is 14. The molecule has 0 aliphatic carbocycles. The molecular formula is C34H30N16O4. The highest BCUT2D eigenvalue weighted by Crippen LogP contribution is 2.34. The van der Waals surface area contributed by atoms with Crippen LogP contribution in [0.1, 0.15) is 32.1 Å². The number of aliphatic hydroxyl groups is 1. The number of ether oxygens (including phenoxy) is 1. The fourth-order valence-electron chi connectivity index (χ4n) is 5.36. The second-order valence-electron chi connectivity index (χ2n) is 11.4. The fourth-order valence-corrected chi connectivity index (χ4v) is 5.36. The van der Waals surface area contributed by atoms with Gasteiger partial charge in [0.15, 0.2) is 52.1 Å². The Hall–Kier alpha value is -7.74. The first-order valence-electron chi connectivity index (χ1n) is 16.1. The number of azo groups is 2. The number of carbonyl (C=O) groups excluding carboxylic acids is 2. The topological polar surface area (TPSA) is 262 Å². The van der Waals surface area contributed by atoms with Crippen LogP contribution in [0, 0.1) is 13.8 Å². The van der Waals surface area contributed by atoms with E-state index in [4.69, 9.17) is 16.2 Å². The lowest BCUT2D eigenvalue weighted by Crippen LogP contribution is -2.09. The van der Waals surface area contributed by atoms with E-state index < -0.39 is 18.4 Å². The van der Waals surface area contributed by atoms with Crippen molar-refractivity contribution in [2.75, 3.05) is 25.2 Å². The fraction of sp³-hybridized carbons (Fsp3) is 0.118. The smallest absolute Gasteiger partial charge is 0.343 e. The molecule has 0 unspecified atom stereocenters. The number of anilines is 2. The van der Waals surface area contributed by atoms with Gasteiger partial charge in [0.05, 0.1) is 47.8 Å². The van der Waals surface area contributed by atoms with Crippen LogP contribution in [0.2, 0.25) is 0 Å². The van der Waals surface area contributed by atoms with Crippen molar-refractivity contribution in [2.24, 2.45) is 20.5 Å². The summed E-state index contributed by atoms with van der Waals surface area (Å²) >= 11 is 0. The van der Waals surface area contributed by atoms with E-state index in [1.165, 1.54) is 44.6 Å². The van der Waals surface area contributed by atoms with Gasteiger partial charge in [-0.1, -0.05) is 36.4 Å². The van der Waals surface area contributed by atoms with Gasteiger partial charge in [-0.3, -0.25) is 4.79 Å². The van der Waals surface area contributed by atoms with Gasteiger partial charge in [0.2, 0.25) is 0 Å². The first kappa shape index (κ1) is 34.7. The Morgan fingerprint density at radius 1 is 0.704 bits per heavy atom. The second kappa shape index (κ2) is 14.5. The van der Waals surface area contributed by atoms with Gasteiger partial charge in [-0.25, -0.2) is 24.1 Å². The molecule has 0 saturated carbocycles. The van der Waals surface area contributed by atoms with Crippen molar-refractivity contribution in [3.63, 3.8) is 0 Å². The van der Waals surface area contributed by atoms with E-state index in [2.05, 4.69) is 50.8 Å². The van der Waals surface area contributed by atoms with Crippen molar-refractivity contribution in [1.29, 1.82) is 0 Å². The molecule has 2 aromatic carbocycles. The van der Waals surface area contributed by atoms with Crippen LogP contribution in [-0.4, -0.2) is 79.7 Å². The van der Waals surface area contributed by atoms with E-state index in [1.807, 2.05) is 36.4 Å². The molecule has 0 atom stereocenters. The number of aryl methyl sites for hydroxylation is 2. The number of aliphatic hydroxyl groups excluding tert-OH is 1. The number of carbonyl (C=O) groups is 2. The highest BCUT2D eigenvalue weighted by molar-refractivity contribution is 6.00. The van der Waals surface area contributed by atoms with E-state index >= 15 is 0 Å². The molecule has 5 aromatic heterocycles. The van der Waals surface area contributed by atoms with Crippen molar-refractivity contribution in [2.45, 2.75) is 13.8 Å². The van der Waals surface area contributed by atoms with Gasteiger partial charge in [0.25, 0.3) is 0 Å². The zero-order valence-electron chi connectivity index (χ0n) is 28.9. The van der Waals surface area contributed by atoms with Gasteiger partial charge in [-0.2, -0.15) is 29.8 Å². The van der Waals surface area contributed by atoms with Crippen LogP contribution in [-0.2, 0) is 4.74 Å². The first-order chi connectivity index (χ1) is 26.2. The third-order valence-corrected chi connectivity index (χ3v) is 8.03. The van der Waals surface area contributed by atoms with Gasteiger partial charge < -0.3 is 21.3 Å². The summed E-state index contributed by atoms with van der Waals surface area (Å²) in [5.41, 5.74) is 15.7. The van der Waals surface area contributed by atoms with E-state index in [0.29, 0.717) is 22.8 Å². The van der Waals surface area contributed by atoms with Crippen molar-refractivity contribution in [3.8, 4) is 23.0 Å². The summed E-state index contributed by atoms with van der Waals surface area (Å²) in [7, 11) is 1.26. The third kappa shape index (κ3) is 6.34. The lowest BCUT2D eigenvalue weighted by Gasteiger charge is -2.07. The van der Waals surface area contributed by atoms with Crippen molar-refractivity contribution >= 4 is 46.4 Å². The van der Waals surface area contributed by atoms with E-state index in [0.717, 1.165) is 0 Å². The van der Waals surface area contributed by atoms with Crippen LogP contribution < -0.4 is 11.5 Å². The highest BCUT2D eigenvalue weighted by Gasteiger charge is 2.23. The summed E-state index contributed by atoms with van der Waals surface area (Å²) in [6, 6.07) is 19.7. The standard InChI is InChI=1S/C34H30N16O4/c1-19-28(41-43-32-23(25(52)17-51)15-39-47(32)21-10-6-4-7-11-21)30(35)49(45-19)26-14-27(38-18-37-26)50-31(36)29(20(2)46-50)42-44-33-24(34(53)54-3)16-40-48(33)22-12-8-5-9-13-22/h4-16,18,51H,17,35-36H2,1-3H3/b43-41+,44-42+. The van der Waals surface area contributed by atoms with Crippen LogP contribution in [0.25, 0.3) is 23.0 Å². The Kier molecular flexibility index (Phi) is 9.30. The number of esters is 1. The molecule has 0 spiro atoms. The maximum Gasteiger partial charge on any atom is 0.343 e. The maximum absolute atomic E-state index is 12.5. The molecule has 0 amide bonds. The molecule has 5 N–H and O–H groups in total. The van der Waals surface area contributed by atoms with Crippen molar-refractivity contribution in [1.82, 2.24) is 49.1 Å². The molecule has 7 rings (SSSR count). The SMILES string of the molecule is COC(=O)c1cnn(-c2ccccc2)c1/N=N/c1c(C)nn(-c2cc(-n3nc(C)c(/N=N/c4c(C(=O)CO)cnn4-c4ccccc4)c3N)ncn2)c1N. The summed E-state index contributed by atoms with van der Waals surface area (Å²) < 4.78 is 10.5. The second-order valence-corrected chi connectivity index (χ2v) is 11.4. The number of nitrogens with two attached hydrogens (primary N) is 2. The quantitative estimate of drug-likeness (QED) is 0.0923. The Morgan fingerprint density at radius 3 is 1.63 bits per heavy atom. The molecule has 20 heteroatoms. The summed E-state index contributed by atoms with van der Waals surface area (Å²) in [5.74, 6) is -0.326. The number of benzene rings is 2. The molecule has 54 heavy (non-hydrogen) atoms. The van der Waals surface area contributed by atoms with Crippen LogP contribution in [0.5, 0.6) is 0 Å². The van der Waals surface area contributed by atoms with Gasteiger partial charge in [-0.15, -0.1) is 20.5 Å². The minimum absolute atomic E-state index is 0.0749. The number of hydrogen-bond donors (Lipinski definition) is 3. The van der Waals surface area contributed by atoms with Gasteiger partial charge in [0.1, 0.15) is 18.5 Å². The number of aromatic nitrogens is 10. The summed E-state index contributed by atoms with van der Waals surface area (Å²) in [5, 5.41) is 44.5. The Morgan fingerprint density at radius 2 is 1.17 bits per heavy atom. The number of ketones is 1. The van der Waals surface area contributed by atoms with E-state index in [9.17, 15) is 14.7 Å². The van der Waals surface area contributed by atoms with E-state index in [1.54, 1.807) is 44.2 Å². The molecule has 0 saturated heterocycles. The lowest BCUT2D eigenvalue weighted by atomic mass is 10.2. The Bertz CT molecular complexity index is 2390. The Labute approximate surface area is 305 Å². The molecule has 0 radical (unpaired) electrons. The average Bonchev–Trinajstić information content (AvgIpc) is 3.96. The van der Waals surface area contributed by atoms with Gasteiger partial charge in [0, 0.05) is 6.07 Å². The van der Waals surface area contributed by atoms with Crippen molar-refractivity contribution < 1.29 is 19.4 Å². The van der Waals surface area contributed by atoms with Gasteiger partial charge in [-0.05, 0) is 38.1 Å². The predicted molar refractivity (Wildman–Crippen MR) is 193 cm³/mol.